The van der Waals surface area contributed by atoms with Crippen LogP contribution in [0.4, 0.5) is 23.2 Å². The van der Waals surface area contributed by atoms with Crippen molar-refractivity contribution in [2.45, 2.75) is 75.8 Å². The highest BCUT2D eigenvalue weighted by atomic mass is 19.3. The van der Waals surface area contributed by atoms with Crippen molar-refractivity contribution in [2.24, 2.45) is 0 Å². The summed E-state index contributed by atoms with van der Waals surface area (Å²) >= 11 is 0. The van der Waals surface area contributed by atoms with Gasteiger partial charge in [0.05, 0.1) is 25.4 Å². The lowest BCUT2D eigenvalue weighted by Gasteiger charge is -2.40. The monoisotopic (exact) mass is 560 g/mol. The van der Waals surface area contributed by atoms with Crippen molar-refractivity contribution in [3.63, 3.8) is 0 Å². The Morgan fingerprint density at radius 3 is 2.38 bits per heavy atom. The Morgan fingerprint density at radius 2 is 1.75 bits per heavy atom. The fourth-order valence-corrected chi connectivity index (χ4v) is 6.08. The predicted octanol–water partition coefficient (Wildman–Crippen LogP) is 6.60. The van der Waals surface area contributed by atoms with Crippen molar-refractivity contribution < 1.29 is 41.1 Å². The smallest absolute Gasteiger partial charge is 0.387 e. The van der Waals surface area contributed by atoms with Gasteiger partial charge in [0.1, 0.15) is 34.5 Å². The molecule has 1 aliphatic carbocycles. The van der Waals surface area contributed by atoms with E-state index in [0.717, 1.165) is 44.9 Å². The van der Waals surface area contributed by atoms with E-state index in [1.54, 1.807) is 23.1 Å². The van der Waals surface area contributed by atoms with E-state index >= 15 is 8.78 Å². The number of rotatable bonds is 9. The number of methoxy groups -OCH3 is 1. The number of nitrogens with zero attached hydrogens (tertiary/aromatic N) is 2. The van der Waals surface area contributed by atoms with Crippen LogP contribution in [0.2, 0.25) is 0 Å². The molecule has 0 unspecified atom stereocenters. The predicted molar refractivity (Wildman–Crippen MR) is 135 cm³/mol. The molecule has 7 nitrogen and oxygen atoms in total. The first kappa shape index (κ1) is 26.6. The SMILES string of the molecule is COC(=O)c1cc(F)c(N2[C@@H]3CC[C@H]2C[C@@H](OCc2c(-c4ccccc4OC(F)F)noc2C2CC2)C3)c(F)c1. The second-order valence-corrected chi connectivity index (χ2v) is 10.5. The molecule has 212 valence electrons. The molecular weight excluding hydrogens is 532 g/mol. The standard InChI is InChI=1S/C29H28F4N2O5/c1-37-28(36)16-10-22(30)26(23(31)11-16)35-17-8-9-18(35)13-19(12-17)38-14-21-25(34-40-27(21)15-6-7-15)20-4-2-3-5-24(20)39-29(32)33/h2-5,10-11,15,17-19,29H,6-9,12-14H2,1H3/t17-,18+,19+. The number of carbonyl (C=O) groups is 1. The van der Waals surface area contributed by atoms with Crippen LogP contribution in [-0.4, -0.2) is 43.0 Å². The number of aromatic nitrogens is 1. The van der Waals surface area contributed by atoms with Gasteiger partial charge in [0.15, 0.2) is 0 Å². The molecule has 3 aromatic rings. The summed E-state index contributed by atoms with van der Waals surface area (Å²) in [6.07, 6.45) is 4.34. The summed E-state index contributed by atoms with van der Waals surface area (Å²) in [5.74, 6) is -1.50. The van der Waals surface area contributed by atoms with E-state index in [4.69, 9.17) is 14.0 Å². The van der Waals surface area contributed by atoms with Gasteiger partial charge in [0, 0.05) is 29.1 Å². The van der Waals surface area contributed by atoms with E-state index in [9.17, 15) is 13.6 Å². The number of alkyl halides is 2. The number of hydrogen-bond acceptors (Lipinski definition) is 7. The molecule has 1 saturated carbocycles. The quantitative estimate of drug-likeness (QED) is 0.216. The highest BCUT2D eigenvalue weighted by Gasteiger charge is 2.44. The number of ether oxygens (including phenoxy) is 3. The Morgan fingerprint density at radius 1 is 1.07 bits per heavy atom. The van der Waals surface area contributed by atoms with Gasteiger partial charge >= 0.3 is 12.6 Å². The van der Waals surface area contributed by atoms with E-state index in [1.807, 2.05) is 0 Å². The maximum absolute atomic E-state index is 15.0. The lowest BCUT2D eigenvalue weighted by atomic mass is 9.97. The molecule has 40 heavy (non-hydrogen) atoms. The topological polar surface area (TPSA) is 74.0 Å². The van der Waals surface area contributed by atoms with Crippen molar-refractivity contribution in [3.8, 4) is 17.0 Å². The number of benzene rings is 2. The first-order valence-electron chi connectivity index (χ1n) is 13.3. The number of piperidine rings is 1. The minimum atomic E-state index is -2.98. The zero-order valence-electron chi connectivity index (χ0n) is 21.7. The van der Waals surface area contributed by atoms with Gasteiger partial charge in [0.25, 0.3) is 0 Å². The first-order chi connectivity index (χ1) is 19.3. The summed E-state index contributed by atoms with van der Waals surface area (Å²) in [6.45, 7) is -2.82. The highest BCUT2D eigenvalue weighted by molar-refractivity contribution is 5.90. The number of esters is 1. The van der Waals surface area contributed by atoms with Crippen LogP contribution >= 0.6 is 0 Å². The molecule has 0 N–H and O–H groups in total. The van der Waals surface area contributed by atoms with Gasteiger partial charge in [-0.2, -0.15) is 8.78 Å². The molecule has 2 saturated heterocycles. The lowest BCUT2D eigenvalue weighted by Crippen LogP contribution is -2.46. The van der Waals surface area contributed by atoms with Crippen LogP contribution in [0.5, 0.6) is 5.75 Å². The second-order valence-electron chi connectivity index (χ2n) is 10.5. The van der Waals surface area contributed by atoms with Gasteiger partial charge in [0.2, 0.25) is 0 Å². The molecule has 3 heterocycles. The van der Waals surface area contributed by atoms with Gasteiger partial charge in [-0.3, -0.25) is 0 Å². The third kappa shape index (κ3) is 5.02. The van der Waals surface area contributed by atoms with Crippen LogP contribution in [-0.2, 0) is 16.1 Å². The Balaban J connectivity index is 1.20. The van der Waals surface area contributed by atoms with E-state index in [0.29, 0.717) is 35.4 Å². The van der Waals surface area contributed by atoms with Gasteiger partial charge in [-0.25, -0.2) is 13.6 Å². The molecule has 3 aliphatic rings. The van der Waals surface area contributed by atoms with Crippen LogP contribution in [0.15, 0.2) is 40.9 Å². The van der Waals surface area contributed by atoms with Crippen LogP contribution in [0.3, 0.4) is 0 Å². The summed E-state index contributed by atoms with van der Waals surface area (Å²) in [7, 11) is 1.16. The maximum Gasteiger partial charge on any atom is 0.387 e. The Kier molecular flexibility index (Phi) is 7.16. The lowest BCUT2D eigenvalue weighted by molar-refractivity contribution is -0.0494. The van der Waals surface area contributed by atoms with Crippen LogP contribution < -0.4 is 9.64 Å². The highest BCUT2D eigenvalue weighted by Crippen LogP contribution is 2.46. The van der Waals surface area contributed by atoms with Crippen molar-refractivity contribution in [2.75, 3.05) is 12.0 Å². The molecule has 0 radical (unpaired) electrons. The van der Waals surface area contributed by atoms with Crippen molar-refractivity contribution >= 4 is 11.7 Å². The zero-order chi connectivity index (χ0) is 28.0. The molecule has 3 fully saturated rings. The number of para-hydroxylation sites is 1. The van der Waals surface area contributed by atoms with Gasteiger partial charge in [-0.1, -0.05) is 17.3 Å². The molecule has 11 heteroatoms. The Hall–Kier alpha value is -3.60. The van der Waals surface area contributed by atoms with Gasteiger partial charge < -0.3 is 23.6 Å². The third-order valence-electron chi connectivity index (χ3n) is 7.97. The molecule has 0 spiro atoms. The van der Waals surface area contributed by atoms with Crippen LogP contribution in [0, 0.1) is 11.6 Å². The fourth-order valence-electron chi connectivity index (χ4n) is 6.08. The third-order valence-corrected chi connectivity index (χ3v) is 7.97. The number of hydrogen-bond donors (Lipinski definition) is 0. The van der Waals surface area contributed by atoms with E-state index < -0.39 is 24.2 Å². The molecule has 2 aliphatic heterocycles. The van der Waals surface area contributed by atoms with E-state index in [2.05, 4.69) is 9.89 Å². The number of halogens is 4. The van der Waals surface area contributed by atoms with E-state index in [-0.39, 0.29) is 47.7 Å². The largest absolute Gasteiger partial charge is 0.465 e. The minimum Gasteiger partial charge on any atom is -0.465 e. The normalized spacial score (nSPS) is 22.1. The first-order valence-corrected chi connectivity index (χ1v) is 13.3. The van der Waals surface area contributed by atoms with Gasteiger partial charge in [-0.15, -0.1) is 0 Å². The Labute approximate surface area is 228 Å². The van der Waals surface area contributed by atoms with Crippen molar-refractivity contribution in [1.82, 2.24) is 5.16 Å². The average Bonchev–Trinajstić information content (AvgIpc) is 3.64. The summed E-state index contributed by atoms with van der Waals surface area (Å²) in [5, 5.41) is 4.21. The van der Waals surface area contributed by atoms with Crippen LogP contribution in [0.25, 0.3) is 11.3 Å². The molecular formula is C29H28F4N2O5. The molecule has 3 atom stereocenters. The zero-order valence-corrected chi connectivity index (χ0v) is 21.7. The average molecular weight is 561 g/mol. The Bertz CT molecular complexity index is 1370. The number of fused-ring (bicyclic) bond motifs is 2. The summed E-state index contributed by atoms with van der Waals surface area (Å²) in [4.78, 5) is 13.6. The minimum absolute atomic E-state index is 0.00280. The van der Waals surface area contributed by atoms with Gasteiger partial charge in [-0.05, 0) is 62.8 Å². The summed E-state index contributed by atoms with van der Waals surface area (Å²) < 4.78 is 77.5. The summed E-state index contributed by atoms with van der Waals surface area (Å²) in [6, 6.07) is 8.18. The van der Waals surface area contributed by atoms with Crippen LogP contribution in [0.1, 0.15) is 66.1 Å². The molecule has 2 aromatic carbocycles. The molecule has 0 amide bonds. The number of anilines is 1. The maximum atomic E-state index is 15.0. The molecule has 1 aromatic heterocycles. The fraction of sp³-hybridized carbons (Fsp3) is 0.448. The van der Waals surface area contributed by atoms with E-state index in [1.165, 1.54) is 6.07 Å². The molecule has 6 rings (SSSR count). The van der Waals surface area contributed by atoms with Crippen molar-refractivity contribution in [1.29, 1.82) is 0 Å². The number of carbonyl (C=O) groups excluding carboxylic acids is 1. The summed E-state index contributed by atoms with van der Waals surface area (Å²) in [5.41, 5.74) is 1.20. The second kappa shape index (κ2) is 10.8. The van der Waals surface area contributed by atoms with Crippen molar-refractivity contribution in [3.05, 3.63) is 64.9 Å². The molecule has 2 bridgehead atoms.